The van der Waals surface area contributed by atoms with E-state index in [-0.39, 0.29) is 0 Å². The molecule has 1 aromatic rings. The van der Waals surface area contributed by atoms with Gasteiger partial charge in [-0.1, -0.05) is 0 Å². The highest BCUT2D eigenvalue weighted by Crippen LogP contribution is 2.32. The Morgan fingerprint density at radius 3 is 2.76 bits per heavy atom. The summed E-state index contributed by atoms with van der Waals surface area (Å²) in [5.41, 5.74) is 1.31. The highest BCUT2D eigenvalue weighted by molar-refractivity contribution is 5.76. The van der Waals surface area contributed by atoms with E-state index in [0.29, 0.717) is 25.5 Å². The molecule has 0 aromatic carbocycles. The fourth-order valence-corrected chi connectivity index (χ4v) is 1.97. The molecule has 0 spiro atoms. The summed E-state index contributed by atoms with van der Waals surface area (Å²) in [6.45, 7) is 6.85. The summed E-state index contributed by atoms with van der Waals surface area (Å²) in [4.78, 5) is 21.8. The minimum absolute atomic E-state index is 0.477. The molecular formula is C12H17N3O2. The molecule has 0 radical (unpaired) electrons. The molecule has 2 heterocycles. The van der Waals surface area contributed by atoms with Crippen LogP contribution in [0.2, 0.25) is 0 Å². The highest BCUT2D eigenvalue weighted by Gasteiger charge is 2.41. The maximum absolute atomic E-state index is 11.2. The Balaban J connectivity index is 2.21. The van der Waals surface area contributed by atoms with Crippen molar-refractivity contribution in [3.05, 3.63) is 17.5 Å². The van der Waals surface area contributed by atoms with Crippen LogP contribution in [0.15, 0.2) is 6.20 Å². The van der Waals surface area contributed by atoms with Crippen molar-refractivity contribution < 1.29 is 9.90 Å². The molecule has 0 aliphatic carbocycles. The van der Waals surface area contributed by atoms with Crippen molar-refractivity contribution in [1.82, 2.24) is 9.97 Å². The van der Waals surface area contributed by atoms with Crippen LogP contribution in [0.25, 0.3) is 0 Å². The second-order valence-corrected chi connectivity index (χ2v) is 4.98. The molecule has 1 saturated heterocycles. The summed E-state index contributed by atoms with van der Waals surface area (Å²) in [5.74, 6) is -0.109. The van der Waals surface area contributed by atoms with Crippen molar-refractivity contribution in [3.63, 3.8) is 0 Å². The largest absolute Gasteiger partial charge is 0.481 e. The van der Waals surface area contributed by atoms with E-state index in [9.17, 15) is 4.79 Å². The van der Waals surface area contributed by atoms with Gasteiger partial charge in [-0.15, -0.1) is 0 Å². The maximum Gasteiger partial charge on any atom is 0.311 e. The van der Waals surface area contributed by atoms with Gasteiger partial charge in [0.15, 0.2) is 0 Å². The monoisotopic (exact) mass is 235 g/mol. The molecule has 0 bridgehead atoms. The second-order valence-electron chi connectivity index (χ2n) is 4.98. The van der Waals surface area contributed by atoms with Crippen LogP contribution in [-0.2, 0) is 4.79 Å². The molecule has 1 fully saturated rings. The van der Waals surface area contributed by atoms with E-state index in [2.05, 4.69) is 9.97 Å². The average Bonchev–Trinajstić information content (AvgIpc) is 2.67. The van der Waals surface area contributed by atoms with Gasteiger partial charge in [-0.2, -0.15) is 0 Å². The Labute approximate surface area is 100 Å². The number of hydrogen-bond donors (Lipinski definition) is 1. The summed E-state index contributed by atoms with van der Waals surface area (Å²) in [6.07, 6.45) is 2.42. The number of nitrogens with zero attached hydrogens (tertiary/aromatic N) is 3. The van der Waals surface area contributed by atoms with E-state index in [0.717, 1.165) is 11.3 Å². The molecule has 0 saturated carbocycles. The molecule has 1 aromatic heterocycles. The number of carboxylic acids is 1. The minimum atomic E-state index is -0.746. The van der Waals surface area contributed by atoms with Gasteiger partial charge >= 0.3 is 5.97 Å². The van der Waals surface area contributed by atoms with Crippen molar-refractivity contribution in [2.45, 2.75) is 27.2 Å². The third-order valence-corrected chi connectivity index (χ3v) is 3.48. The van der Waals surface area contributed by atoms with Crippen LogP contribution in [0.5, 0.6) is 0 Å². The number of aliphatic carboxylic acids is 1. The van der Waals surface area contributed by atoms with Gasteiger partial charge in [-0.05, 0) is 32.8 Å². The molecule has 5 heteroatoms. The fourth-order valence-electron chi connectivity index (χ4n) is 1.97. The zero-order valence-corrected chi connectivity index (χ0v) is 10.4. The van der Waals surface area contributed by atoms with E-state index >= 15 is 0 Å². The van der Waals surface area contributed by atoms with Gasteiger partial charge in [0.1, 0.15) is 0 Å². The van der Waals surface area contributed by atoms with E-state index in [4.69, 9.17) is 5.11 Å². The molecule has 1 atom stereocenters. The molecule has 1 aliphatic rings. The summed E-state index contributed by atoms with van der Waals surface area (Å²) in [7, 11) is 0. The summed E-state index contributed by atoms with van der Waals surface area (Å²) >= 11 is 0. The van der Waals surface area contributed by atoms with Gasteiger partial charge in [-0.3, -0.25) is 4.79 Å². The first-order valence-corrected chi connectivity index (χ1v) is 5.71. The Bertz CT molecular complexity index is 461. The van der Waals surface area contributed by atoms with Crippen LogP contribution < -0.4 is 4.90 Å². The fraction of sp³-hybridized carbons (Fsp3) is 0.583. The molecule has 5 nitrogen and oxygen atoms in total. The number of carbonyl (C=O) groups is 1. The third kappa shape index (κ3) is 2.09. The smallest absolute Gasteiger partial charge is 0.311 e. The summed E-state index contributed by atoms with van der Waals surface area (Å²) in [6, 6.07) is 0. The normalized spacial score (nSPS) is 24.1. The molecule has 1 unspecified atom stereocenters. The van der Waals surface area contributed by atoms with Gasteiger partial charge in [0, 0.05) is 25.0 Å². The van der Waals surface area contributed by atoms with Crippen molar-refractivity contribution in [3.8, 4) is 0 Å². The lowest BCUT2D eigenvalue weighted by molar-refractivity contribution is -0.146. The standard InChI is InChI=1S/C12H17N3O2/c1-8-6-13-11(14-9(8)2)15-5-4-12(3,7-15)10(16)17/h6H,4-5,7H2,1-3H3,(H,16,17). The quantitative estimate of drug-likeness (QED) is 0.839. The van der Waals surface area contributed by atoms with Gasteiger partial charge in [-0.25, -0.2) is 9.97 Å². The highest BCUT2D eigenvalue weighted by atomic mass is 16.4. The van der Waals surface area contributed by atoms with Gasteiger partial charge < -0.3 is 10.0 Å². The number of anilines is 1. The first-order valence-electron chi connectivity index (χ1n) is 5.71. The number of aryl methyl sites for hydroxylation is 2. The number of carboxylic acid groups (broad SMARTS) is 1. The van der Waals surface area contributed by atoms with Crippen LogP contribution in [0.1, 0.15) is 24.6 Å². The molecule has 92 valence electrons. The second kappa shape index (κ2) is 3.98. The predicted molar refractivity (Wildman–Crippen MR) is 64.1 cm³/mol. The van der Waals surface area contributed by atoms with E-state index < -0.39 is 11.4 Å². The van der Waals surface area contributed by atoms with Crippen LogP contribution in [0, 0.1) is 19.3 Å². The number of aromatic nitrogens is 2. The van der Waals surface area contributed by atoms with Crippen LogP contribution in [0.4, 0.5) is 5.95 Å². The van der Waals surface area contributed by atoms with E-state index in [1.54, 1.807) is 13.1 Å². The van der Waals surface area contributed by atoms with Gasteiger partial charge in [0.05, 0.1) is 5.41 Å². The van der Waals surface area contributed by atoms with Gasteiger partial charge in [0.25, 0.3) is 0 Å². The molecule has 2 rings (SSSR count). The summed E-state index contributed by atoms with van der Waals surface area (Å²) < 4.78 is 0. The molecule has 1 N–H and O–H groups in total. The predicted octanol–water partition coefficient (Wildman–Crippen LogP) is 1.39. The van der Waals surface area contributed by atoms with E-state index in [1.165, 1.54) is 0 Å². The van der Waals surface area contributed by atoms with Crippen LogP contribution in [0.3, 0.4) is 0 Å². The lowest BCUT2D eigenvalue weighted by Gasteiger charge is -2.20. The first kappa shape index (κ1) is 11.8. The van der Waals surface area contributed by atoms with Crippen molar-refractivity contribution >= 4 is 11.9 Å². The molecular weight excluding hydrogens is 218 g/mol. The first-order chi connectivity index (χ1) is 7.92. The van der Waals surface area contributed by atoms with Crippen molar-refractivity contribution in [2.75, 3.05) is 18.0 Å². The lowest BCUT2D eigenvalue weighted by atomic mass is 9.90. The topological polar surface area (TPSA) is 66.3 Å². The molecule has 17 heavy (non-hydrogen) atoms. The number of rotatable bonds is 2. The minimum Gasteiger partial charge on any atom is -0.481 e. The Morgan fingerprint density at radius 1 is 1.53 bits per heavy atom. The van der Waals surface area contributed by atoms with Crippen molar-refractivity contribution in [2.24, 2.45) is 5.41 Å². The molecule has 0 amide bonds. The maximum atomic E-state index is 11.2. The average molecular weight is 235 g/mol. The Hall–Kier alpha value is -1.65. The molecule has 1 aliphatic heterocycles. The van der Waals surface area contributed by atoms with Gasteiger partial charge in [0.2, 0.25) is 5.95 Å². The van der Waals surface area contributed by atoms with Crippen LogP contribution in [-0.4, -0.2) is 34.1 Å². The number of hydrogen-bond acceptors (Lipinski definition) is 4. The van der Waals surface area contributed by atoms with Crippen molar-refractivity contribution in [1.29, 1.82) is 0 Å². The third-order valence-electron chi connectivity index (χ3n) is 3.48. The zero-order chi connectivity index (χ0) is 12.6. The Kier molecular flexibility index (Phi) is 2.77. The SMILES string of the molecule is Cc1cnc(N2CCC(C)(C(=O)O)C2)nc1C. The summed E-state index contributed by atoms with van der Waals surface area (Å²) in [5, 5.41) is 9.17. The van der Waals surface area contributed by atoms with E-state index in [1.807, 2.05) is 18.7 Å². The zero-order valence-electron chi connectivity index (χ0n) is 10.4. The Morgan fingerprint density at radius 2 is 2.24 bits per heavy atom. The van der Waals surface area contributed by atoms with Crippen LogP contribution >= 0.6 is 0 Å². The lowest BCUT2D eigenvalue weighted by Crippen LogP contribution is -2.32.